The van der Waals surface area contributed by atoms with Crippen LogP contribution in [0.15, 0.2) is 18.2 Å². The van der Waals surface area contributed by atoms with E-state index in [2.05, 4.69) is 16.0 Å². The third kappa shape index (κ3) is 5.80. The molecule has 3 rings (SSSR count). The summed E-state index contributed by atoms with van der Waals surface area (Å²) in [6.07, 6.45) is 3.06. The standard InChI is InChI=1S/C28H37FN4O5/c1-16-14-19(10-11-20(16)29)30-24(36)21-17(2)22(33(6)18(21)3)23(35)25(37)31-28(12-8-7-9-13-28)26(38)32-27(4,5)15-34/h10-11,14,34H,7-9,12-13,15H2,1-6H3,(H,30,36)(H,31,37)(H,32,38). The fraction of sp³-hybridized carbons (Fsp3) is 0.500. The molecule has 2 aromatic rings. The number of halogens is 1. The fourth-order valence-electron chi connectivity index (χ4n) is 4.96. The van der Waals surface area contributed by atoms with Crippen LogP contribution < -0.4 is 16.0 Å². The lowest BCUT2D eigenvalue weighted by Gasteiger charge is -2.39. The summed E-state index contributed by atoms with van der Waals surface area (Å²) in [6.45, 7) is 7.90. The Hall–Kier alpha value is -3.53. The molecule has 1 aromatic carbocycles. The minimum Gasteiger partial charge on any atom is -0.394 e. The highest BCUT2D eigenvalue weighted by atomic mass is 19.1. The monoisotopic (exact) mass is 528 g/mol. The minimum atomic E-state index is -1.27. The lowest BCUT2D eigenvalue weighted by atomic mass is 9.80. The third-order valence-corrected chi connectivity index (χ3v) is 7.34. The molecule has 0 atom stereocenters. The molecule has 3 amide bonds. The van der Waals surface area contributed by atoms with Crippen LogP contribution in [0.3, 0.4) is 0 Å². The number of carbonyl (C=O) groups is 4. The Labute approximate surface area is 222 Å². The van der Waals surface area contributed by atoms with Crippen molar-refractivity contribution in [2.24, 2.45) is 7.05 Å². The summed E-state index contributed by atoms with van der Waals surface area (Å²) >= 11 is 0. The number of nitrogens with one attached hydrogen (secondary N) is 3. The van der Waals surface area contributed by atoms with E-state index >= 15 is 0 Å². The van der Waals surface area contributed by atoms with Crippen LogP contribution in [0, 0.1) is 26.6 Å². The van der Waals surface area contributed by atoms with Crippen LogP contribution in [0.25, 0.3) is 0 Å². The molecule has 0 spiro atoms. The van der Waals surface area contributed by atoms with Crippen LogP contribution >= 0.6 is 0 Å². The third-order valence-electron chi connectivity index (χ3n) is 7.34. The normalized spacial score (nSPS) is 15.1. The Morgan fingerprint density at radius 1 is 1.08 bits per heavy atom. The number of aliphatic hydroxyl groups is 1. The number of hydrogen-bond donors (Lipinski definition) is 4. The van der Waals surface area contributed by atoms with Gasteiger partial charge in [0.1, 0.15) is 11.4 Å². The quantitative estimate of drug-likeness (QED) is 0.309. The Balaban J connectivity index is 1.88. The summed E-state index contributed by atoms with van der Waals surface area (Å²) in [7, 11) is 1.59. The lowest BCUT2D eigenvalue weighted by Crippen LogP contribution is -2.64. The van der Waals surface area contributed by atoms with E-state index in [1.54, 1.807) is 41.7 Å². The number of rotatable bonds is 8. The second-order valence-corrected chi connectivity index (χ2v) is 10.8. The van der Waals surface area contributed by atoms with Gasteiger partial charge in [-0.3, -0.25) is 19.2 Å². The molecular formula is C28H37FN4O5. The van der Waals surface area contributed by atoms with E-state index in [1.165, 1.54) is 22.8 Å². The van der Waals surface area contributed by atoms with Gasteiger partial charge in [-0.25, -0.2) is 4.39 Å². The molecule has 0 aliphatic heterocycles. The Kier molecular flexibility index (Phi) is 8.45. The minimum absolute atomic E-state index is 0.0440. The fourth-order valence-corrected chi connectivity index (χ4v) is 4.96. The molecule has 1 aromatic heterocycles. The van der Waals surface area contributed by atoms with Gasteiger partial charge >= 0.3 is 0 Å². The number of aryl methyl sites for hydroxylation is 1. The first-order chi connectivity index (χ1) is 17.7. The summed E-state index contributed by atoms with van der Waals surface area (Å²) in [4.78, 5) is 53.1. The molecular weight excluding hydrogens is 491 g/mol. The van der Waals surface area contributed by atoms with Crippen LogP contribution in [-0.2, 0) is 16.6 Å². The van der Waals surface area contributed by atoms with Gasteiger partial charge in [-0.05, 0) is 76.8 Å². The first-order valence-corrected chi connectivity index (χ1v) is 12.8. The number of benzene rings is 1. The molecule has 206 valence electrons. The van der Waals surface area contributed by atoms with Crippen molar-refractivity contribution >= 4 is 29.2 Å². The lowest BCUT2D eigenvalue weighted by molar-refractivity contribution is -0.135. The Morgan fingerprint density at radius 3 is 2.29 bits per heavy atom. The molecule has 1 aliphatic carbocycles. The molecule has 9 nitrogen and oxygen atoms in total. The van der Waals surface area contributed by atoms with Crippen LogP contribution in [0.1, 0.15) is 83.6 Å². The van der Waals surface area contributed by atoms with Crippen molar-refractivity contribution in [3.63, 3.8) is 0 Å². The zero-order valence-electron chi connectivity index (χ0n) is 22.9. The first-order valence-electron chi connectivity index (χ1n) is 12.8. The second-order valence-electron chi connectivity index (χ2n) is 10.8. The van der Waals surface area contributed by atoms with Gasteiger partial charge in [0.15, 0.2) is 0 Å². The molecule has 1 heterocycles. The number of anilines is 1. The largest absolute Gasteiger partial charge is 0.394 e. The van der Waals surface area contributed by atoms with Crippen molar-refractivity contribution in [3.8, 4) is 0 Å². The van der Waals surface area contributed by atoms with Crippen molar-refractivity contribution < 1.29 is 28.7 Å². The van der Waals surface area contributed by atoms with Crippen molar-refractivity contribution in [1.29, 1.82) is 0 Å². The van der Waals surface area contributed by atoms with E-state index in [4.69, 9.17) is 0 Å². The number of aromatic nitrogens is 1. The number of Topliss-reactive ketones (excluding diaryl/α,β-unsaturated/α-hetero) is 1. The number of ketones is 1. The van der Waals surface area contributed by atoms with E-state index in [-0.39, 0.29) is 17.9 Å². The molecule has 38 heavy (non-hydrogen) atoms. The summed E-state index contributed by atoms with van der Waals surface area (Å²) in [5.41, 5.74) is -0.310. The van der Waals surface area contributed by atoms with Crippen molar-refractivity contribution in [3.05, 3.63) is 52.1 Å². The molecule has 10 heteroatoms. The molecule has 4 N–H and O–H groups in total. The van der Waals surface area contributed by atoms with Crippen LogP contribution in [0.2, 0.25) is 0 Å². The van der Waals surface area contributed by atoms with Crippen molar-refractivity contribution in [1.82, 2.24) is 15.2 Å². The SMILES string of the molecule is Cc1cc(NC(=O)c2c(C)c(C(=O)C(=O)NC3(C(=O)NC(C)(C)CO)CCCCC3)n(C)c2C)ccc1F. The van der Waals surface area contributed by atoms with Crippen molar-refractivity contribution in [2.75, 3.05) is 11.9 Å². The average molecular weight is 529 g/mol. The van der Waals surface area contributed by atoms with Gasteiger partial charge in [0.05, 0.1) is 23.4 Å². The highest BCUT2D eigenvalue weighted by Gasteiger charge is 2.44. The first kappa shape index (κ1) is 29.0. The van der Waals surface area contributed by atoms with E-state index < -0.39 is 40.4 Å². The van der Waals surface area contributed by atoms with Gasteiger partial charge in [-0.2, -0.15) is 0 Å². The van der Waals surface area contributed by atoms with Crippen LogP contribution in [0.4, 0.5) is 10.1 Å². The summed E-state index contributed by atoms with van der Waals surface area (Å²) in [5.74, 6) is -3.11. The zero-order valence-corrected chi connectivity index (χ0v) is 22.9. The maximum Gasteiger partial charge on any atom is 0.294 e. The van der Waals surface area contributed by atoms with Gasteiger partial charge in [0, 0.05) is 18.4 Å². The van der Waals surface area contributed by atoms with Crippen LogP contribution in [0.5, 0.6) is 0 Å². The van der Waals surface area contributed by atoms with Gasteiger partial charge < -0.3 is 25.6 Å². The molecule has 0 saturated heterocycles. The molecule has 1 fully saturated rings. The van der Waals surface area contributed by atoms with Gasteiger partial charge in [0.2, 0.25) is 5.91 Å². The summed E-state index contributed by atoms with van der Waals surface area (Å²) < 4.78 is 15.1. The smallest absolute Gasteiger partial charge is 0.294 e. The number of amides is 3. The maximum absolute atomic E-state index is 13.6. The zero-order chi connectivity index (χ0) is 28.4. The number of nitrogens with zero attached hydrogens (tertiary/aromatic N) is 1. The summed E-state index contributed by atoms with van der Waals surface area (Å²) in [5, 5.41) is 17.8. The van der Waals surface area contributed by atoms with E-state index in [0.717, 1.165) is 6.42 Å². The number of hydrogen-bond acceptors (Lipinski definition) is 5. The van der Waals surface area contributed by atoms with E-state index in [9.17, 15) is 28.7 Å². The van der Waals surface area contributed by atoms with Gasteiger partial charge in [-0.1, -0.05) is 19.3 Å². The number of aliphatic hydroxyl groups excluding tert-OH is 1. The highest BCUT2D eigenvalue weighted by molar-refractivity contribution is 6.43. The van der Waals surface area contributed by atoms with Gasteiger partial charge in [0.25, 0.3) is 17.6 Å². The second kappa shape index (κ2) is 11.1. The summed E-state index contributed by atoms with van der Waals surface area (Å²) in [6, 6.07) is 4.21. The highest BCUT2D eigenvalue weighted by Crippen LogP contribution is 2.30. The molecule has 1 saturated carbocycles. The predicted octanol–water partition coefficient (Wildman–Crippen LogP) is 3.23. The van der Waals surface area contributed by atoms with Gasteiger partial charge in [-0.15, -0.1) is 0 Å². The average Bonchev–Trinajstić information content (AvgIpc) is 3.08. The molecule has 0 radical (unpaired) electrons. The number of carbonyl (C=O) groups excluding carboxylic acids is 4. The van der Waals surface area contributed by atoms with E-state index in [1.807, 2.05) is 0 Å². The van der Waals surface area contributed by atoms with E-state index in [0.29, 0.717) is 48.2 Å². The molecule has 0 unspecified atom stereocenters. The Bertz CT molecular complexity index is 1270. The van der Waals surface area contributed by atoms with Crippen LogP contribution in [-0.4, -0.2) is 50.9 Å². The Morgan fingerprint density at radius 2 is 1.71 bits per heavy atom. The molecule has 1 aliphatic rings. The topological polar surface area (TPSA) is 130 Å². The predicted molar refractivity (Wildman–Crippen MR) is 142 cm³/mol. The van der Waals surface area contributed by atoms with Crippen molar-refractivity contribution in [2.45, 2.75) is 77.8 Å². The molecule has 0 bridgehead atoms. The maximum atomic E-state index is 13.6.